The molecule has 0 radical (unpaired) electrons. The molecule has 0 spiro atoms. The van der Waals surface area contributed by atoms with Crippen molar-refractivity contribution in [3.05, 3.63) is 35.4 Å². The summed E-state index contributed by atoms with van der Waals surface area (Å²) >= 11 is 3.28. The summed E-state index contributed by atoms with van der Waals surface area (Å²) in [4.78, 5) is 10.8. The van der Waals surface area contributed by atoms with Gasteiger partial charge in [-0.05, 0) is 18.1 Å². The lowest BCUT2D eigenvalue weighted by atomic mass is 10.0. The number of rotatable bonds is 3. The van der Waals surface area contributed by atoms with Gasteiger partial charge in [-0.15, -0.1) is 0 Å². The van der Waals surface area contributed by atoms with E-state index in [9.17, 15) is 4.79 Å². The second kappa shape index (κ2) is 4.53. The highest BCUT2D eigenvalue weighted by atomic mass is 79.9. The molecule has 1 aromatic rings. The van der Waals surface area contributed by atoms with Crippen LogP contribution >= 0.6 is 15.9 Å². The molecular formula is C10H11BrO2. The third-order valence-electron chi connectivity index (χ3n) is 1.86. The summed E-state index contributed by atoms with van der Waals surface area (Å²) in [5.41, 5.74) is 1.64. The first-order valence-electron chi connectivity index (χ1n) is 4.00. The van der Waals surface area contributed by atoms with E-state index in [0.717, 1.165) is 11.1 Å². The zero-order valence-corrected chi connectivity index (χ0v) is 8.91. The molecule has 0 aliphatic heterocycles. The summed E-state index contributed by atoms with van der Waals surface area (Å²) in [6, 6.07) is 7.35. The van der Waals surface area contributed by atoms with E-state index < -0.39 is 0 Å². The van der Waals surface area contributed by atoms with Crippen LogP contribution in [0.2, 0.25) is 0 Å². The number of hydrogen-bond acceptors (Lipinski definition) is 2. The largest absolute Gasteiger partial charge is 0.392 e. The quantitative estimate of drug-likeness (QED) is 0.826. The third kappa shape index (κ3) is 2.39. The van der Waals surface area contributed by atoms with Crippen LogP contribution in [0.3, 0.4) is 0 Å². The highest BCUT2D eigenvalue weighted by molar-refractivity contribution is 9.09. The van der Waals surface area contributed by atoms with E-state index in [4.69, 9.17) is 5.11 Å². The molecule has 0 saturated heterocycles. The molecule has 13 heavy (non-hydrogen) atoms. The molecule has 0 heterocycles. The van der Waals surface area contributed by atoms with Gasteiger partial charge < -0.3 is 5.11 Å². The van der Waals surface area contributed by atoms with E-state index >= 15 is 0 Å². The molecule has 0 aliphatic carbocycles. The third-order valence-corrected chi connectivity index (χ3v) is 2.99. The summed E-state index contributed by atoms with van der Waals surface area (Å²) in [5, 5.41) is 9.02. The predicted octanol–water partition coefficient (Wildman–Crippen LogP) is 2.20. The minimum absolute atomic E-state index is 0.0362. The normalized spacial score (nSPS) is 12.5. The van der Waals surface area contributed by atoms with Gasteiger partial charge in [-0.2, -0.15) is 0 Å². The minimum atomic E-state index is -0.309. The van der Waals surface area contributed by atoms with Gasteiger partial charge >= 0.3 is 0 Å². The second-order valence-corrected chi connectivity index (χ2v) is 3.75. The number of carbonyl (C=O) groups is 1. The Labute approximate surface area is 85.7 Å². The van der Waals surface area contributed by atoms with Gasteiger partial charge in [-0.1, -0.05) is 40.2 Å². The number of aliphatic hydroxyl groups excluding tert-OH is 1. The van der Waals surface area contributed by atoms with Gasteiger partial charge in [0.2, 0.25) is 0 Å². The number of ketones is 1. The molecule has 0 aromatic heterocycles. The number of carbonyl (C=O) groups excluding carboxylic acids is 1. The molecule has 70 valence electrons. The van der Waals surface area contributed by atoms with Crippen LogP contribution in [0.15, 0.2) is 24.3 Å². The van der Waals surface area contributed by atoms with Crippen molar-refractivity contribution in [2.24, 2.45) is 0 Å². The van der Waals surface area contributed by atoms with Crippen molar-refractivity contribution >= 4 is 21.7 Å². The Morgan fingerprint density at radius 2 is 2.15 bits per heavy atom. The summed E-state index contributed by atoms with van der Waals surface area (Å²) in [7, 11) is 0. The summed E-state index contributed by atoms with van der Waals surface area (Å²) in [5.74, 6) is 0.0425. The van der Waals surface area contributed by atoms with E-state index in [-0.39, 0.29) is 17.2 Å². The molecule has 1 N–H and O–H groups in total. The summed E-state index contributed by atoms with van der Waals surface area (Å²) in [6.45, 7) is 1.49. The Balaban J connectivity index is 3.05. The fourth-order valence-corrected chi connectivity index (χ4v) is 1.59. The fourth-order valence-electron chi connectivity index (χ4n) is 1.14. The zero-order chi connectivity index (χ0) is 9.84. The van der Waals surface area contributed by atoms with Crippen LogP contribution in [-0.4, -0.2) is 10.9 Å². The highest BCUT2D eigenvalue weighted by Crippen LogP contribution is 2.26. The first-order chi connectivity index (χ1) is 6.16. The van der Waals surface area contributed by atoms with Crippen molar-refractivity contribution in [1.82, 2.24) is 0 Å². The molecule has 1 unspecified atom stereocenters. The Kier molecular flexibility index (Phi) is 3.63. The summed E-state index contributed by atoms with van der Waals surface area (Å²) < 4.78 is 0. The average Bonchev–Trinajstić information content (AvgIpc) is 2.16. The van der Waals surface area contributed by atoms with Gasteiger partial charge in [0.1, 0.15) is 5.78 Å². The van der Waals surface area contributed by atoms with E-state index in [1.54, 1.807) is 0 Å². The van der Waals surface area contributed by atoms with Crippen molar-refractivity contribution in [1.29, 1.82) is 0 Å². The van der Waals surface area contributed by atoms with E-state index in [2.05, 4.69) is 15.9 Å². The van der Waals surface area contributed by atoms with Gasteiger partial charge in [-0.25, -0.2) is 0 Å². The van der Waals surface area contributed by atoms with Gasteiger partial charge in [-0.3, -0.25) is 4.79 Å². The monoisotopic (exact) mass is 242 g/mol. The van der Waals surface area contributed by atoms with Crippen LogP contribution in [-0.2, 0) is 11.4 Å². The van der Waals surface area contributed by atoms with Gasteiger partial charge in [0.15, 0.2) is 0 Å². The van der Waals surface area contributed by atoms with Crippen LogP contribution < -0.4 is 0 Å². The Bertz CT molecular complexity index is 310. The Hall–Kier alpha value is -0.670. The molecule has 1 rings (SSSR count). The second-order valence-electron chi connectivity index (χ2n) is 2.83. The Morgan fingerprint density at radius 3 is 2.69 bits per heavy atom. The fraction of sp³-hybridized carbons (Fsp3) is 0.300. The Morgan fingerprint density at radius 1 is 1.54 bits per heavy atom. The molecule has 1 atom stereocenters. The zero-order valence-electron chi connectivity index (χ0n) is 7.33. The molecule has 3 heteroatoms. The van der Waals surface area contributed by atoms with Gasteiger partial charge in [0.25, 0.3) is 0 Å². The maximum absolute atomic E-state index is 11.1. The first-order valence-corrected chi connectivity index (χ1v) is 4.91. The van der Waals surface area contributed by atoms with Crippen LogP contribution in [0.1, 0.15) is 22.9 Å². The van der Waals surface area contributed by atoms with Crippen molar-refractivity contribution in [3.63, 3.8) is 0 Å². The molecule has 0 saturated carbocycles. The van der Waals surface area contributed by atoms with Gasteiger partial charge in [0.05, 0.1) is 11.4 Å². The highest BCUT2D eigenvalue weighted by Gasteiger charge is 2.14. The van der Waals surface area contributed by atoms with Crippen LogP contribution in [0, 0.1) is 0 Å². The van der Waals surface area contributed by atoms with Crippen molar-refractivity contribution in [2.45, 2.75) is 18.4 Å². The van der Waals surface area contributed by atoms with E-state index in [1.165, 1.54) is 6.92 Å². The number of alkyl halides is 1. The lowest BCUT2D eigenvalue weighted by Gasteiger charge is -2.10. The van der Waals surface area contributed by atoms with Crippen molar-refractivity contribution < 1.29 is 9.90 Å². The number of halogens is 1. The molecular weight excluding hydrogens is 232 g/mol. The maximum atomic E-state index is 11.1. The average molecular weight is 243 g/mol. The molecule has 0 aliphatic rings. The van der Waals surface area contributed by atoms with Crippen LogP contribution in [0.5, 0.6) is 0 Å². The lowest BCUT2D eigenvalue weighted by molar-refractivity contribution is -0.116. The SMILES string of the molecule is CC(=O)C(Br)c1ccccc1CO. The van der Waals surface area contributed by atoms with Crippen molar-refractivity contribution in [3.8, 4) is 0 Å². The first kappa shape index (κ1) is 10.4. The van der Waals surface area contributed by atoms with Crippen molar-refractivity contribution in [2.75, 3.05) is 0 Å². The maximum Gasteiger partial charge on any atom is 0.147 e. The lowest BCUT2D eigenvalue weighted by Crippen LogP contribution is -2.04. The molecule has 0 bridgehead atoms. The molecule has 0 amide bonds. The minimum Gasteiger partial charge on any atom is -0.392 e. The number of benzene rings is 1. The number of Topliss-reactive ketones (excluding diaryl/α,β-unsaturated/α-hetero) is 1. The predicted molar refractivity (Wildman–Crippen MR) is 54.7 cm³/mol. The summed E-state index contributed by atoms with van der Waals surface area (Å²) in [6.07, 6.45) is 0. The molecule has 2 nitrogen and oxygen atoms in total. The smallest absolute Gasteiger partial charge is 0.147 e. The standard InChI is InChI=1S/C10H11BrO2/c1-7(13)10(11)9-5-3-2-4-8(9)6-12/h2-5,10,12H,6H2,1H3. The molecule has 1 aromatic carbocycles. The number of aliphatic hydroxyl groups is 1. The van der Waals surface area contributed by atoms with Gasteiger partial charge in [0, 0.05) is 0 Å². The molecule has 0 fully saturated rings. The van der Waals surface area contributed by atoms with Crippen LogP contribution in [0.4, 0.5) is 0 Å². The van der Waals surface area contributed by atoms with E-state index in [1.807, 2.05) is 24.3 Å². The van der Waals surface area contributed by atoms with Crippen LogP contribution in [0.25, 0.3) is 0 Å². The number of hydrogen-bond donors (Lipinski definition) is 1. The van der Waals surface area contributed by atoms with E-state index in [0.29, 0.717) is 0 Å². The topological polar surface area (TPSA) is 37.3 Å².